The van der Waals surface area contributed by atoms with Gasteiger partial charge in [0.15, 0.2) is 0 Å². The Bertz CT molecular complexity index is 1150. The SMILES string of the molecule is COc1ccc(CN2C[C@@H]3[C@H](C2)[C@H]3c2ccc(N3C[C@H](CNC(=O)OC(C)(C)C)OC3=O)cc2F)cc1. The highest BCUT2D eigenvalue weighted by Crippen LogP contribution is 2.59. The number of likely N-dealkylation sites (tertiary alicyclic amines) is 1. The van der Waals surface area contributed by atoms with Crippen LogP contribution >= 0.6 is 0 Å². The van der Waals surface area contributed by atoms with Crippen LogP contribution in [0.1, 0.15) is 37.8 Å². The Hall–Kier alpha value is -3.33. The third-order valence-electron chi connectivity index (χ3n) is 7.24. The van der Waals surface area contributed by atoms with E-state index in [1.54, 1.807) is 40.0 Å². The molecule has 1 aliphatic carbocycles. The van der Waals surface area contributed by atoms with Crippen molar-refractivity contribution < 1.29 is 28.2 Å². The maximum absolute atomic E-state index is 15.2. The number of hydrogen-bond donors (Lipinski definition) is 1. The minimum absolute atomic E-state index is 0.121. The molecule has 2 aromatic rings. The van der Waals surface area contributed by atoms with Gasteiger partial charge in [-0.1, -0.05) is 18.2 Å². The van der Waals surface area contributed by atoms with E-state index in [-0.39, 0.29) is 24.8 Å². The number of rotatable bonds is 7. The molecule has 0 spiro atoms. The second-order valence-corrected chi connectivity index (χ2v) is 11.1. The summed E-state index contributed by atoms with van der Waals surface area (Å²) in [6.07, 6.45) is -1.67. The van der Waals surface area contributed by atoms with Crippen LogP contribution in [0, 0.1) is 17.7 Å². The van der Waals surface area contributed by atoms with Crippen molar-refractivity contribution in [1.82, 2.24) is 10.2 Å². The zero-order valence-electron chi connectivity index (χ0n) is 21.7. The van der Waals surface area contributed by atoms with Gasteiger partial charge >= 0.3 is 12.2 Å². The third-order valence-corrected chi connectivity index (χ3v) is 7.24. The largest absolute Gasteiger partial charge is 0.497 e. The van der Waals surface area contributed by atoms with Gasteiger partial charge in [0.05, 0.1) is 25.9 Å². The summed E-state index contributed by atoms with van der Waals surface area (Å²) in [5.74, 6) is 1.69. The quantitative estimate of drug-likeness (QED) is 0.589. The lowest BCUT2D eigenvalue weighted by molar-refractivity contribution is 0.0496. The molecule has 2 aliphatic heterocycles. The molecule has 37 heavy (non-hydrogen) atoms. The fourth-order valence-electron chi connectivity index (χ4n) is 5.50. The summed E-state index contributed by atoms with van der Waals surface area (Å²) in [7, 11) is 1.66. The summed E-state index contributed by atoms with van der Waals surface area (Å²) in [6, 6.07) is 13.1. The van der Waals surface area contributed by atoms with Crippen LogP contribution in [-0.4, -0.2) is 62.1 Å². The minimum Gasteiger partial charge on any atom is -0.497 e. The predicted octanol–water partition coefficient (Wildman–Crippen LogP) is 4.53. The van der Waals surface area contributed by atoms with Gasteiger partial charge in [0.2, 0.25) is 0 Å². The van der Waals surface area contributed by atoms with E-state index in [1.165, 1.54) is 16.5 Å². The summed E-state index contributed by atoms with van der Waals surface area (Å²) in [4.78, 5) is 28.1. The van der Waals surface area contributed by atoms with Crippen LogP contribution in [0.4, 0.5) is 19.7 Å². The van der Waals surface area contributed by atoms with Crippen LogP contribution in [-0.2, 0) is 16.0 Å². The van der Waals surface area contributed by atoms with Crippen molar-refractivity contribution in [2.75, 3.05) is 38.2 Å². The number of hydrogen-bond acceptors (Lipinski definition) is 6. The summed E-state index contributed by atoms with van der Waals surface area (Å²) in [6.45, 7) is 8.45. The lowest BCUT2D eigenvalue weighted by Gasteiger charge is -2.20. The first-order chi connectivity index (χ1) is 17.6. The van der Waals surface area contributed by atoms with Gasteiger partial charge in [0.25, 0.3) is 0 Å². The van der Waals surface area contributed by atoms with Gasteiger partial charge in [0, 0.05) is 19.6 Å². The van der Waals surface area contributed by atoms with Crippen molar-refractivity contribution >= 4 is 17.9 Å². The summed E-state index contributed by atoms with van der Waals surface area (Å²) in [5, 5.41) is 2.62. The number of piperidine rings is 1. The Morgan fingerprint density at radius 1 is 1.11 bits per heavy atom. The lowest BCUT2D eigenvalue weighted by Crippen LogP contribution is -2.38. The van der Waals surface area contributed by atoms with E-state index in [9.17, 15) is 9.59 Å². The van der Waals surface area contributed by atoms with Gasteiger partial charge in [-0.2, -0.15) is 0 Å². The molecule has 2 amide bonds. The van der Waals surface area contributed by atoms with E-state index in [0.717, 1.165) is 30.9 Å². The van der Waals surface area contributed by atoms with Crippen LogP contribution in [0.5, 0.6) is 5.75 Å². The molecule has 4 atom stereocenters. The Morgan fingerprint density at radius 2 is 1.81 bits per heavy atom. The highest BCUT2D eigenvalue weighted by atomic mass is 19.1. The van der Waals surface area contributed by atoms with Crippen molar-refractivity contribution in [3.8, 4) is 5.75 Å². The van der Waals surface area contributed by atoms with E-state index in [2.05, 4.69) is 22.3 Å². The smallest absolute Gasteiger partial charge is 0.414 e. The maximum atomic E-state index is 15.2. The van der Waals surface area contributed by atoms with Crippen LogP contribution < -0.4 is 15.0 Å². The minimum atomic E-state index is -0.614. The molecule has 2 aromatic carbocycles. The highest BCUT2D eigenvalue weighted by molar-refractivity contribution is 5.89. The van der Waals surface area contributed by atoms with Crippen LogP contribution in [0.25, 0.3) is 0 Å². The van der Waals surface area contributed by atoms with Gasteiger partial charge in [-0.25, -0.2) is 14.0 Å². The standard InChI is InChI=1S/C28H34FN3O5/c1-28(2,3)37-26(33)30-12-20-14-32(27(34)36-20)18-7-10-21(24(29)11-18)25-22-15-31(16-23(22)25)13-17-5-8-19(35-4)9-6-17/h5-11,20,22-23,25H,12-16H2,1-4H3,(H,30,33)/t20-,22-,23+,25+/m0/s1. The van der Waals surface area contributed by atoms with Gasteiger partial charge in [-0.05, 0) is 73.9 Å². The van der Waals surface area contributed by atoms with E-state index in [0.29, 0.717) is 17.5 Å². The fraction of sp³-hybridized carbons (Fsp3) is 0.500. The molecular formula is C28H34FN3O5. The number of methoxy groups -OCH3 is 1. The topological polar surface area (TPSA) is 80.3 Å². The predicted molar refractivity (Wildman–Crippen MR) is 136 cm³/mol. The van der Waals surface area contributed by atoms with Crippen LogP contribution in [0.2, 0.25) is 0 Å². The average molecular weight is 512 g/mol. The number of nitrogens with zero attached hydrogens (tertiary/aromatic N) is 2. The van der Waals surface area contributed by atoms with Crippen molar-refractivity contribution in [1.29, 1.82) is 0 Å². The number of halogens is 1. The molecule has 9 heteroatoms. The number of fused-ring (bicyclic) bond motifs is 1. The molecule has 0 bridgehead atoms. The van der Waals surface area contributed by atoms with Crippen molar-refractivity contribution in [3.05, 3.63) is 59.4 Å². The van der Waals surface area contributed by atoms with Crippen molar-refractivity contribution in [2.45, 2.75) is 44.9 Å². The monoisotopic (exact) mass is 511 g/mol. The molecule has 1 saturated carbocycles. The van der Waals surface area contributed by atoms with Gasteiger partial charge in [-0.3, -0.25) is 9.80 Å². The first-order valence-corrected chi connectivity index (χ1v) is 12.7. The normalized spacial score (nSPS) is 25.0. The molecule has 3 fully saturated rings. The summed E-state index contributed by atoms with van der Waals surface area (Å²) < 4.78 is 31.0. The van der Waals surface area contributed by atoms with Gasteiger partial charge in [0.1, 0.15) is 23.3 Å². The maximum Gasteiger partial charge on any atom is 0.414 e. The molecule has 0 unspecified atom stereocenters. The number of carbonyl (C=O) groups excluding carboxylic acids is 2. The molecule has 8 nitrogen and oxygen atoms in total. The van der Waals surface area contributed by atoms with Gasteiger partial charge in [-0.15, -0.1) is 0 Å². The first kappa shape index (κ1) is 25.3. The van der Waals surface area contributed by atoms with E-state index >= 15 is 4.39 Å². The molecular weight excluding hydrogens is 477 g/mol. The van der Waals surface area contributed by atoms with Gasteiger partial charge < -0.3 is 19.5 Å². The molecule has 2 heterocycles. The number of cyclic esters (lactones) is 1. The molecule has 0 radical (unpaired) electrons. The second-order valence-electron chi connectivity index (χ2n) is 11.1. The second kappa shape index (κ2) is 9.85. The molecule has 0 aromatic heterocycles. The Morgan fingerprint density at radius 3 is 2.43 bits per heavy atom. The Balaban J connectivity index is 1.13. The molecule has 5 rings (SSSR count). The summed E-state index contributed by atoms with van der Waals surface area (Å²) >= 11 is 0. The zero-order chi connectivity index (χ0) is 26.3. The number of alkyl carbamates (subject to hydrolysis) is 1. The average Bonchev–Trinajstić information content (AvgIpc) is 3.13. The Kier molecular flexibility index (Phi) is 6.74. The van der Waals surface area contributed by atoms with E-state index in [4.69, 9.17) is 14.2 Å². The number of nitrogens with one attached hydrogen (secondary N) is 1. The molecule has 3 aliphatic rings. The highest BCUT2D eigenvalue weighted by Gasteiger charge is 2.56. The van der Waals surface area contributed by atoms with E-state index < -0.39 is 23.9 Å². The number of amides is 2. The molecule has 1 N–H and O–H groups in total. The Labute approximate surface area is 216 Å². The lowest BCUT2D eigenvalue weighted by atomic mass is 10.0. The summed E-state index contributed by atoms with van der Waals surface area (Å²) in [5.41, 5.74) is 1.80. The number of benzene rings is 2. The number of anilines is 1. The molecule has 2 saturated heterocycles. The van der Waals surface area contributed by atoms with Crippen LogP contribution in [0.3, 0.4) is 0 Å². The van der Waals surface area contributed by atoms with Crippen molar-refractivity contribution in [2.24, 2.45) is 11.8 Å². The fourth-order valence-corrected chi connectivity index (χ4v) is 5.50. The van der Waals surface area contributed by atoms with Crippen LogP contribution in [0.15, 0.2) is 42.5 Å². The third kappa shape index (κ3) is 5.66. The molecule has 198 valence electrons. The van der Waals surface area contributed by atoms with Crippen molar-refractivity contribution in [3.63, 3.8) is 0 Å². The first-order valence-electron chi connectivity index (χ1n) is 12.7. The van der Waals surface area contributed by atoms with E-state index in [1.807, 2.05) is 12.1 Å². The number of ether oxygens (including phenoxy) is 3. The zero-order valence-corrected chi connectivity index (χ0v) is 21.7. The number of carbonyl (C=O) groups is 2.